The fourth-order valence-electron chi connectivity index (χ4n) is 1.67. The van der Waals surface area contributed by atoms with E-state index in [1.165, 1.54) is 0 Å². The van der Waals surface area contributed by atoms with Gasteiger partial charge in [0.25, 0.3) is 5.91 Å². The number of anilines is 1. The maximum absolute atomic E-state index is 12.1. The van der Waals surface area contributed by atoms with Crippen LogP contribution in [0.25, 0.3) is 0 Å². The number of hydrogen-bond acceptors (Lipinski definition) is 4. The minimum atomic E-state index is -0.540. The zero-order valence-corrected chi connectivity index (χ0v) is 11.5. The Balaban J connectivity index is 1.93. The molecule has 0 bridgehead atoms. The first kappa shape index (κ1) is 14.6. The highest BCUT2D eigenvalue weighted by Gasteiger charge is 2.14. The Morgan fingerprint density at radius 3 is 2.67 bits per heavy atom. The van der Waals surface area contributed by atoms with Crippen LogP contribution in [0.3, 0.4) is 0 Å². The number of nitrogens with two attached hydrogens (primary N) is 1. The molecule has 2 rings (SSSR count). The third-order valence-electron chi connectivity index (χ3n) is 2.85. The number of ether oxygens (including phenoxy) is 1. The largest absolute Gasteiger partial charge is 0.484 e. The smallest absolute Gasteiger partial charge is 0.255 e. The van der Waals surface area contributed by atoms with Gasteiger partial charge in [-0.1, -0.05) is 0 Å². The molecule has 7 heteroatoms. The van der Waals surface area contributed by atoms with E-state index in [0.29, 0.717) is 11.4 Å². The average Bonchev–Trinajstić information content (AvgIpc) is 2.99. The Bertz CT molecular complexity index is 608. The van der Waals surface area contributed by atoms with E-state index < -0.39 is 5.91 Å². The molecule has 0 fully saturated rings. The predicted molar refractivity (Wildman–Crippen MR) is 76.7 cm³/mol. The van der Waals surface area contributed by atoms with Gasteiger partial charge in [-0.3, -0.25) is 9.59 Å². The van der Waals surface area contributed by atoms with Gasteiger partial charge in [-0.25, -0.2) is 4.98 Å². The van der Waals surface area contributed by atoms with Crippen LogP contribution in [0.15, 0.2) is 43.0 Å². The number of nitrogens with one attached hydrogen (secondary N) is 1. The molecule has 7 nitrogen and oxygen atoms in total. The van der Waals surface area contributed by atoms with E-state index >= 15 is 0 Å². The van der Waals surface area contributed by atoms with Crippen LogP contribution in [0.2, 0.25) is 0 Å². The Morgan fingerprint density at radius 1 is 1.38 bits per heavy atom. The summed E-state index contributed by atoms with van der Waals surface area (Å²) in [5, 5.41) is 2.79. The normalized spacial score (nSPS) is 11.7. The van der Waals surface area contributed by atoms with Gasteiger partial charge in [0.15, 0.2) is 6.61 Å². The summed E-state index contributed by atoms with van der Waals surface area (Å²) >= 11 is 0. The second-order valence-corrected chi connectivity index (χ2v) is 4.45. The predicted octanol–water partition coefficient (Wildman–Crippen LogP) is 0.947. The molecule has 1 aromatic carbocycles. The highest BCUT2D eigenvalue weighted by molar-refractivity contribution is 5.93. The first-order valence-electron chi connectivity index (χ1n) is 6.35. The van der Waals surface area contributed by atoms with Crippen molar-refractivity contribution in [2.24, 2.45) is 5.73 Å². The van der Waals surface area contributed by atoms with Gasteiger partial charge in [0.05, 0.1) is 6.33 Å². The zero-order valence-electron chi connectivity index (χ0n) is 11.5. The standard InChI is InChI=1S/C14H16N4O3/c1-10(18-7-6-16-9-18)14(20)17-11-2-4-12(5-3-11)21-8-13(15)19/h2-7,9-10H,8H2,1H3,(H2,15,19)(H,17,20). The number of primary amides is 1. The molecule has 3 N–H and O–H groups in total. The van der Waals surface area contributed by atoms with Crippen molar-refractivity contribution in [3.8, 4) is 5.75 Å². The van der Waals surface area contributed by atoms with E-state index in [0.717, 1.165) is 0 Å². The summed E-state index contributed by atoms with van der Waals surface area (Å²) in [6.45, 7) is 1.60. The molecule has 2 amide bonds. The van der Waals surface area contributed by atoms with Gasteiger partial charge >= 0.3 is 0 Å². The molecule has 0 aliphatic carbocycles. The van der Waals surface area contributed by atoms with Crippen LogP contribution in [-0.4, -0.2) is 28.0 Å². The third-order valence-corrected chi connectivity index (χ3v) is 2.85. The lowest BCUT2D eigenvalue weighted by Gasteiger charge is -2.13. The van der Waals surface area contributed by atoms with Gasteiger partial charge in [-0.2, -0.15) is 0 Å². The molecular weight excluding hydrogens is 272 g/mol. The minimum absolute atomic E-state index is 0.154. The molecule has 0 saturated heterocycles. The summed E-state index contributed by atoms with van der Waals surface area (Å²) in [5.41, 5.74) is 5.62. The molecular formula is C14H16N4O3. The first-order valence-corrected chi connectivity index (χ1v) is 6.35. The third kappa shape index (κ3) is 4.07. The van der Waals surface area contributed by atoms with Crippen molar-refractivity contribution in [1.82, 2.24) is 9.55 Å². The fraction of sp³-hybridized carbons (Fsp3) is 0.214. The number of nitrogens with zero attached hydrogens (tertiary/aromatic N) is 2. The van der Waals surface area contributed by atoms with Crippen LogP contribution in [0.4, 0.5) is 5.69 Å². The monoisotopic (exact) mass is 288 g/mol. The van der Waals surface area contributed by atoms with Gasteiger partial charge in [0.1, 0.15) is 11.8 Å². The van der Waals surface area contributed by atoms with Crippen molar-refractivity contribution in [1.29, 1.82) is 0 Å². The van der Waals surface area contributed by atoms with Gasteiger partial charge in [-0.15, -0.1) is 0 Å². The van der Waals surface area contributed by atoms with Crippen LogP contribution in [0.5, 0.6) is 5.75 Å². The number of hydrogen-bond donors (Lipinski definition) is 2. The van der Waals surface area contributed by atoms with Gasteiger partial charge in [0, 0.05) is 18.1 Å². The molecule has 1 unspecified atom stereocenters. The Hall–Kier alpha value is -2.83. The lowest BCUT2D eigenvalue weighted by Crippen LogP contribution is -2.22. The average molecular weight is 288 g/mol. The SMILES string of the molecule is CC(C(=O)Nc1ccc(OCC(N)=O)cc1)n1ccnc1. The topological polar surface area (TPSA) is 99.2 Å². The molecule has 1 heterocycles. The molecule has 0 saturated carbocycles. The molecule has 0 aliphatic rings. The lowest BCUT2D eigenvalue weighted by atomic mass is 10.2. The summed E-state index contributed by atoms with van der Waals surface area (Å²) in [6, 6.07) is 6.32. The highest BCUT2D eigenvalue weighted by Crippen LogP contribution is 2.17. The van der Waals surface area contributed by atoms with Crippen LogP contribution < -0.4 is 15.8 Å². The lowest BCUT2D eigenvalue weighted by molar-refractivity contribution is -0.120. The molecule has 2 aromatic rings. The number of carbonyl (C=O) groups excluding carboxylic acids is 2. The van der Waals surface area contributed by atoms with Gasteiger partial charge < -0.3 is 20.4 Å². The summed E-state index contributed by atoms with van der Waals surface area (Å²) in [7, 11) is 0. The Morgan fingerprint density at radius 2 is 2.10 bits per heavy atom. The van der Waals surface area contributed by atoms with Gasteiger partial charge in [-0.05, 0) is 31.2 Å². The van der Waals surface area contributed by atoms with Crippen LogP contribution in [-0.2, 0) is 9.59 Å². The Labute approximate surface area is 121 Å². The van der Waals surface area contributed by atoms with E-state index in [4.69, 9.17) is 10.5 Å². The number of aromatic nitrogens is 2. The van der Waals surface area contributed by atoms with E-state index in [-0.39, 0.29) is 18.6 Å². The van der Waals surface area contributed by atoms with Gasteiger partial charge in [0.2, 0.25) is 5.91 Å². The number of benzene rings is 1. The summed E-state index contributed by atoms with van der Waals surface area (Å²) < 4.78 is 6.84. The number of amides is 2. The Kier molecular flexibility index (Phi) is 4.55. The van der Waals surface area contributed by atoms with Crippen molar-refractivity contribution < 1.29 is 14.3 Å². The quantitative estimate of drug-likeness (QED) is 0.826. The maximum Gasteiger partial charge on any atom is 0.255 e. The molecule has 0 radical (unpaired) electrons. The molecule has 0 spiro atoms. The van der Waals surface area contributed by atoms with E-state index in [1.807, 2.05) is 0 Å². The zero-order chi connectivity index (χ0) is 15.2. The van der Waals surface area contributed by atoms with Crippen molar-refractivity contribution >= 4 is 17.5 Å². The molecule has 1 aromatic heterocycles. The number of carbonyl (C=O) groups is 2. The summed E-state index contributed by atoms with van der Waals surface area (Å²) in [5.74, 6) is -0.185. The first-order chi connectivity index (χ1) is 10.1. The van der Waals surface area contributed by atoms with Crippen molar-refractivity contribution in [2.75, 3.05) is 11.9 Å². The number of rotatable bonds is 6. The van der Waals surface area contributed by atoms with E-state index in [1.54, 1.807) is 54.5 Å². The minimum Gasteiger partial charge on any atom is -0.484 e. The molecule has 0 aliphatic heterocycles. The van der Waals surface area contributed by atoms with Crippen molar-refractivity contribution in [3.63, 3.8) is 0 Å². The summed E-state index contributed by atoms with van der Waals surface area (Å²) in [4.78, 5) is 26.6. The highest BCUT2D eigenvalue weighted by atomic mass is 16.5. The fourth-order valence-corrected chi connectivity index (χ4v) is 1.67. The van der Waals surface area contributed by atoms with Crippen LogP contribution >= 0.6 is 0 Å². The number of imidazole rings is 1. The molecule has 1 atom stereocenters. The van der Waals surface area contributed by atoms with E-state index in [9.17, 15) is 9.59 Å². The molecule has 21 heavy (non-hydrogen) atoms. The van der Waals surface area contributed by atoms with Crippen molar-refractivity contribution in [3.05, 3.63) is 43.0 Å². The molecule has 110 valence electrons. The van der Waals surface area contributed by atoms with Crippen LogP contribution in [0.1, 0.15) is 13.0 Å². The van der Waals surface area contributed by atoms with Crippen molar-refractivity contribution in [2.45, 2.75) is 13.0 Å². The summed E-state index contributed by atoms with van der Waals surface area (Å²) in [6.07, 6.45) is 4.94. The van der Waals surface area contributed by atoms with E-state index in [2.05, 4.69) is 10.3 Å². The second-order valence-electron chi connectivity index (χ2n) is 4.45. The maximum atomic E-state index is 12.1. The van der Waals surface area contributed by atoms with Crippen LogP contribution in [0, 0.1) is 0 Å². The second kappa shape index (κ2) is 6.56.